The molecule has 2 heteroatoms. The molecule has 0 aliphatic rings. The molecule has 0 rings (SSSR count). The summed E-state index contributed by atoms with van der Waals surface area (Å²) < 4.78 is 0. The fourth-order valence-electron chi connectivity index (χ4n) is 0.114. The van der Waals surface area contributed by atoms with E-state index in [-0.39, 0.29) is 0 Å². The molecule has 0 spiro atoms. The van der Waals surface area contributed by atoms with E-state index in [1.165, 1.54) is 5.98 Å². The van der Waals surface area contributed by atoms with Crippen molar-refractivity contribution < 1.29 is 0 Å². The van der Waals surface area contributed by atoms with Gasteiger partial charge in [-0.2, -0.15) is 12.6 Å². The van der Waals surface area contributed by atoms with E-state index in [1.54, 1.807) is 17.6 Å². The minimum Gasteiger partial charge on any atom is -0.151 e. The van der Waals surface area contributed by atoms with Crippen molar-refractivity contribution in [1.29, 1.82) is 0 Å². The second-order valence-electron chi connectivity index (χ2n) is 0.726. The van der Waals surface area contributed by atoms with Gasteiger partial charge in [-0.15, -0.1) is 5.98 Å². The second kappa shape index (κ2) is 4.89. The topological polar surface area (TPSA) is 0 Å². The van der Waals surface area contributed by atoms with E-state index in [2.05, 4.69) is 12.6 Å². The van der Waals surface area contributed by atoms with Gasteiger partial charge >= 0.3 is 0 Å². The Morgan fingerprint density at radius 1 is 1.33 bits per heavy atom. The highest BCUT2D eigenvalue weighted by Crippen LogP contribution is 1.75. The van der Waals surface area contributed by atoms with Crippen LogP contribution in [-0.2, 0) is 0 Å². The molecule has 0 amide bonds. The lowest BCUT2D eigenvalue weighted by Crippen LogP contribution is -1.45. The van der Waals surface area contributed by atoms with Crippen LogP contribution < -0.4 is 0 Å². The van der Waals surface area contributed by atoms with E-state index in [0.717, 1.165) is 0 Å². The largest absolute Gasteiger partial charge is 0.151 e. The Labute approximate surface area is 44.8 Å². The molecule has 0 aromatic rings. The smallest absolute Gasteiger partial charge is 0.102 e. The monoisotopic (exact) mass is 96.0 g/mol. The Morgan fingerprint density at radius 2 is 2.00 bits per heavy atom. The molecule has 0 aromatic heterocycles. The minimum atomic E-state index is 1.45. The number of hydrogen-bond donors (Lipinski definition) is 1. The van der Waals surface area contributed by atoms with Crippen molar-refractivity contribution in [2.75, 3.05) is 0 Å². The third kappa shape index (κ3) is 3.89. The van der Waals surface area contributed by atoms with E-state index in [0.29, 0.717) is 0 Å². The van der Waals surface area contributed by atoms with Crippen LogP contribution in [0.4, 0.5) is 0 Å². The van der Waals surface area contributed by atoms with Crippen LogP contribution in [-0.4, -0.2) is 7.85 Å². The van der Waals surface area contributed by atoms with E-state index >= 15 is 0 Å². The maximum absolute atomic E-state index is 4.95. The Bertz CT molecular complexity index is 55.9. The van der Waals surface area contributed by atoms with Gasteiger partial charge in [0.15, 0.2) is 0 Å². The highest BCUT2D eigenvalue weighted by atomic mass is 32.1. The van der Waals surface area contributed by atoms with Crippen LogP contribution in [0.3, 0.4) is 0 Å². The standard InChI is InChI=1S/C4H5BS/c5-3-1-2-4-6/h1-4,6H/b3-1+,4-2-. The second-order valence-corrected chi connectivity index (χ2v) is 1.02. The summed E-state index contributed by atoms with van der Waals surface area (Å²) in [5.41, 5.74) is 0. The first-order valence-electron chi connectivity index (χ1n) is 1.59. The first-order valence-corrected chi connectivity index (χ1v) is 2.11. The molecular weight excluding hydrogens is 90.9 g/mol. The first kappa shape index (κ1) is 5.89. The average Bonchev–Trinajstić information content (AvgIpc) is 1.61. The van der Waals surface area contributed by atoms with Gasteiger partial charge in [0.05, 0.1) is 0 Å². The van der Waals surface area contributed by atoms with Gasteiger partial charge in [-0.25, -0.2) is 0 Å². The third-order valence-electron chi connectivity index (χ3n) is 0.308. The predicted molar refractivity (Wildman–Crippen MR) is 33.0 cm³/mol. The molecule has 2 radical (unpaired) electrons. The summed E-state index contributed by atoms with van der Waals surface area (Å²) in [7, 11) is 4.95. The zero-order valence-electron chi connectivity index (χ0n) is 3.33. The van der Waals surface area contributed by atoms with Crippen LogP contribution in [0.15, 0.2) is 23.5 Å². The van der Waals surface area contributed by atoms with E-state index in [1.807, 2.05) is 0 Å². The zero-order chi connectivity index (χ0) is 4.83. The van der Waals surface area contributed by atoms with Crippen molar-refractivity contribution in [3.8, 4) is 0 Å². The van der Waals surface area contributed by atoms with Crippen molar-refractivity contribution in [3.05, 3.63) is 23.5 Å². The van der Waals surface area contributed by atoms with Gasteiger partial charge in [-0.3, -0.25) is 0 Å². The zero-order valence-corrected chi connectivity index (χ0v) is 4.23. The van der Waals surface area contributed by atoms with Crippen molar-refractivity contribution in [2.45, 2.75) is 0 Å². The minimum absolute atomic E-state index is 1.45. The van der Waals surface area contributed by atoms with Crippen LogP contribution in [0.1, 0.15) is 0 Å². The number of allylic oxidation sites excluding steroid dienone is 2. The average molecular weight is 96.0 g/mol. The van der Waals surface area contributed by atoms with Crippen LogP contribution in [0, 0.1) is 0 Å². The van der Waals surface area contributed by atoms with Crippen LogP contribution in [0.5, 0.6) is 0 Å². The van der Waals surface area contributed by atoms with Crippen molar-refractivity contribution in [3.63, 3.8) is 0 Å². The van der Waals surface area contributed by atoms with Crippen LogP contribution >= 0.6 is 12.6 Å². The maximum Gasteiger partial charge on any atom is 0.102 e. The summed E-state index contributed by atoms with van der Waals surface area (Å²) in [6.07, 6.45) is 3.44. The summed E-state index contributed by atoms with van der Waals surface area (Å²) in [6.45, 7) is 0. The predicted octanol–water partition coefficient (Wildman–Crippen LogP) is 1.11. The Balaban J connectivity index is 3.07. The summed E-state index contributed by atoms with van der Waals surface area (Å²) in [4.78, 5) is 0. The molecule has 0 saturated heterocycles. The third-order valence-corrected chi connectivity index (χ3v) is 0.480. The van der Waals surface area contributed by atoms with Crippen LogP contribution in [0.2, 0.25) is 0 Å². The molecule has 0 saturated carbocycles. The van der Waals surface area contributed by atoms with Crippen molar-refractivity contribution >= 4 is 20.5 Å². The van der Waals surface area contributed by atoms with Crippen molar-refractivity contribution in [1.82, 2.24) is 0 Å². The Hall–Kier alpha value is -0.105. The molecule has 0 nitrogen and oxygen atoms in total. The molecule has 0 aromatic carbocycles. The fourth-order valence-corrected chi connectivity index (χ4v) is 0.213. The molecule has 30 valence electrons. The summed E-state index contributed by atoms with van der Waals surface area (Å²) >= 11 is 3.77. The molecule has 0 unspecified atom stereocenters. The van der Waals surface area contributed by atoms with E-state index in [9.17, 15) is 0 Å². The number of rotatable bonds is 1. The molecule has 0 N–H and O–H groups in total. The van der Waals surface area contributed by atoms with Gasteiger partial charge in [0.1, 0.15) is 7.85 Å². The molecular formula is C4H5BS. The number of hydrogen-bond acceptors (Lipinski definition) is 1. The van der Waals surface area contributed by atoms with Crippen LogP contribution in [0.25, 0.3) is 0 Å². The van der Waals surface area contributed by atoms with Gasteiger partial charge in [0, 0.05) is 0 Å². The lowest BCUT2D eigenvalue weighted by atomic mass is 10.1. The van der Waals surface area contributed by atoms with E-state index in [4.69, 9.17) is 7.85 Å². The molecule has 0 aliphatic carbocycles. The lowest BCUT2D eigenvalue weighted by molar-refractivity contribution is 2.09. The quantitative estimate of drug-likeness (QED) is 0.282. The summed E-state index contributed by atoms with van der Waals surface area (Å²) in [5, 5.41) is 1.61. The highest BCUT2D eigenvalue weighted by Gasteiger charge is 1.49. The highest BCUT2D eigenvalue weighted by molar-refractivity contribution is 7.83. The lowest BCUT2D eigenvalue weighted by Gasteiger charge is -1.62. The molecule has 0 fully saturated rings. The number of thiol groups is 1. The molecule has 0 bridgehead atoms. The summed E-state index contributed by atoms with van der Waals surface area (Å²) in [5.74, 6) is 1.45. The molecule has 0 atom stereocenters. The van der Waals surface area contributed by atoms with Gasteiger partial charge < -0.3 is 0 Å². The van der Waals surface area contributed by atoms with Gasteiger partial charge in [-0.05, 0) is 5.41 Å². The normalized spacial score (nSPS) is 11.5. The molecule has 6 heavy (non-hydrogen) atoms. The van der Waals surface area contributed by atoms with Gasteiger partial charge in [0.2, 0.25) is 0 Å². The first-order chi connectivity index (χ1) is 2.91. The molecule has 0 aliphatic heterocycles. The fraction of sp³-hybridized carbons (Fsp3) is 0. The Morgan fingerprint density at radius 3 is 2.17 bits per heavy atom. The Kier molecular flexibility index (Phi) is 4.81. The summed E-state index contributed by atoms with van der Waals surface area (Å²) in [6, 6.07) is 0. The SMILES string of the molecule is [B]/C=C/C=C\S. The van der Waals surface area contributed by atoms with Gasteiger partial charge in [0.25, 0.3) is 0 Å². The van der Waals surface area contributed by atoms with E-state index < -0.39 is 0 Å². The van der Waals surface area contributed by atoms with Crippen molar-refractivity contribution in [2.24, 2.45) is 0 Å². The maximum atomic E-state index is 4.95. The molecule has 0 heterocycles. The van der Waals surface area contributed by atoms with Gasteiger partial charge in [-0.1, -0.05) is 12.2 Å².